The first-order valence-electron chi connectivity index (χ1n) is 7.89. The van der Waals surface area contributed by atoms with E-state index < -0.39 is 0 Å². The number of para-hydroxylation sites is 1. The van der Waals surface area contributed by atoms with Crippen LogP contribution in [0.2, 0.25) is 5.02 Å². The first-order chi connectivity index (χ1) is 11.6. The van der Waals surface area contributed by atoms with Crippen molar-refractivity contribution in [1.82, 2.24) is 4.98 Å². The molecule has 4 nitrogen and oxygen atoms in total. The van der Waals surface area contributed by atoms with Crippen LogP contribution >= 0.6 is 11.6 Å². The normalized spacial score (nSPS) is 16.2. The third kappa shape index (κ3) is 2.39. The molecule has 5 heteroatoms. The van der Waals surface area contributed by atoms with Gasteiger partial charge in [0.25, 0.3) is 0 Å². The molecular weight excluding hydrogens is 324 g/mol. The highest BCUT2D eigenvalue weighted by Crippen LogP contribution is 2.42. The number of aromatic nitrogens is 1. The van der Waals surface area contributed by atoms with Gasteiger partial charge in [0, 0.05) is 46.3 Å². The van der Waals surface area contributed by atoms with E-state index in [4.69, 9.17) is 22.1 Å². The molecule has 1 aliphatic rings. The molecule has 24 heavy (non-hydrogen) atoms. The molecule has 1 unspecified atom stereocenters. The molecule has 4 rings (SSSR count). The van der Waals surface area contributed by atoms with Gasteiger partial charge in [0.15, 0.2) is 5.43 Å². The lowest BCUT2D eigenvalue weighted by atomic mass is 9.98. The van der Waals surface area contributed by atoms with Crippen LogP contribution in [-0.2, 0) is 6.42 Å². The van der Waals surface area contributed by atoms with Crippen LogP contribution in [-0.4, -0.2) is 17.6 Å². The third-order valence-electron chi connectivity index (χ3n) is 4.42. The highest BCUT2D eigenvalue weighted by Gasteiger charge is 2.26. The minimum absolute atomic E-state index is 0.00234. The van der Waals surface area contributed by atoms with Crippen molar-refractivity contribution in [2.24, 2.45) is 5.73 Å². The van der Waals surface area contributed by atoms with E-state index in [1.165, 1.54) is 0 Å². The van der Waals surface area contributed by atoms with Crippen LogP contribution in [0.1, 0.15) is 11.3 Å². The van der Waals surface area contributed by atoms with Gasteiger partial charge in [0.1, 0.15) is 11.9 Å². The Hall–Kier alpha value is -2.30. The van der Waals surface area contributed by atoms with Gasteiger partial charge in [-0.3, -0.25) is 4.79 Å². The number of halogens is 1. The Morgan fingerprint density at radius 2 is 2.12 bits per heavy atom. The highest BCUT2D eigenvalue weighted by molar-refractivity contribution is 6.31. The molecule has 0 radical (unpaired) electrons. The summed E-state index contributed by atoms with van der Waals surface area (Å²) in [5.74, 6) is 0.810. The van der Waals surface area contributed by atoms with Crippen molar-refractivity contribution >= 4 is 22.5 Å². The Kier molecular flexibility index (Phi) is 3.59. The zero-order valence-corrected chi connectivity index (χ0v) is 14.0. The maximum atomic E-state index is 12.3. The van der Waals surface area contributed by atoms with Gasteiger partial charge in [-0.1, -0.05) is 23.7 Å². The lowest BCUT2D eigenvalue weighted by Gasteiger charge is -2.13. The summed E-state index contributed by atoms with van der Waals surface area (Å²) in [6.07, 6.45) is 0.715. The fourth-order valence-corrected chi connectivity index (χ4v) is 3.59. The van der Waals surface area contributed by atoms with Gasteiger partial charge in [-0.15, -0.1) is 0 Å². The van der Waals surface area contributed by atoms with Gasteiger partial charge in [-0.05, 0) is 30.7 Å². The smallest absolute Gasteiger partial charge is 0.189 e. The van der Waals surface area contributed by atoms with Crippen LogP contribution in [0.15, 0.2) is 41.2 Å². The van der Waals surface area contributed by atoms with E-state index in [0.29, 0.717) is 17.0 Å². The van der Waals surface area contributed by atoms with Crippen molar-refractivity contribution in [2.45, 2.75) is 19.4 Å². The number of nitrogens with one attached hydrogen (secondary N) is 1. The number of H-pyrrole nitrogens is 1. The zero-order valence-electron chi connectivity index (χ0n) is 13.2. The average Bonchev–Trinajstić information content (AvgIpc) is 2.96. The van der Waals surface area contributed by atoms with Crippen LogP contribution in [0.5, 0.6) is 5.75 Å². The van der Waals surface area contributed by atoms with Crippen LogP contribution in [0, 0.1) is 6.92 Å². The molecule has 1 atom stereocenters. The van der Waals surface area contributed by atoms with E-state index in [0.717, 1.165) is 40.1 Å². The number of ether oxygens (including phenoxy) is 1. The van der Waals surface area contributed by atoms with Gasteiger partial charge in [0.2, 0.25) is 0 Å². The minimum atomic E-state index is -0.0343. The number of fused-ring (bicyclic) bond motifs is 2. The van der Waals surface area contributed by atoms with Crippen LogP contribution < -0.4 is 15.9 Å². The Bertz CT molecular complexity index is 1010. The summed E-state index contributed by atoms with van der Waals surface area (Å²) in [5.41, 5.74) is 10.2. The second-order valence-corrected chi connectivity index (χ2v) is 6.60. The second-order valence-electron chi connectivity index (χ2n) is 6.17. The fraction of sp³-hybridized carbons (Fsp3) is 0.211. The first kappa shape index (κ1) is 15.2. The van der Waals surface area contributed by atoms with Crippen molar-refractivity contribution < 1.29 is 4.74 Å². The average molecular weight is 341 g/mol. The molecule has 2 aromatic carbocycles. The Morgan fingerprint density at radius 3 is 2.92 bits per heavy atom. The van der Waals surface area contributed by atoms with Crippen LogP contribution in [0.3, 0.4) is 0 Å². The molecule has 122 valence electrons. The molecule has 0 aliphatic carbocycles. The van der Waals surface area contributed by atoms with E-state index in [-0.39, 0.29) is 11.5 Å². The van der Waals surface area contributed by atoms with Crippen LogP contribution in [0.4, 0.5) is 0 Å². The molecule has 1 aliphatic heterocycles. The number of nitrogens with two attached hydrogens (primary N) is 1. The summed E-state index contributed by atoms with van der Waals surface area (Å²) in [6, 6.07) is 11.1. The van der Waals surface area contributed by atoms with Crippen molar-refractivity contribution in [2.75, 3.05) is 6.54 Å². The predicted octanol–water partition coefficient (Wildman–Crippen LogP) is 3.42. The molecule has 0 saturated heterocycles. The summed E-state index contributed by atoms with van der Waals surface area (Å²) in [7, 11) is 0. The minimum Gasteiger partial charge on any atom is -0.488 e. The summed E-state index contributed by atoms with van der Waals surface area (Å²) in [4.78, 5) is 15.6. The number of rotatable bonds is 2. The summed E-state index contributed by atoms with van der Waals surface area (Å²) >= 11 is 6.32. The molecule has 0 saturated carbocycles. The molecule has 0 fully saturated rings. The van der Waals surface area contributed by atoms with E-state index in [2.05, 4.69) is 4.98 Å². The van der Waals surface area contributed by atoms with Crippen molar-refractivity contribution in [3.05, 3.63) is 62.9 Å². The largest absolute Gasteiger partial charge is 0.488 e. The Balaban J connectivity index is 2.02. The Morgan fingerprint density at radius 1 is 1.29 bits per heavy atom. The van der Waals surface area contributed by atoms with Gasteiger partial charge >= 0.3 is 0 Å². The van der Waals surface area contributed by atoms with E-state index >= 15 is 0 Å². The number of hydrogen-bond acceptors (Lipinski definition) is 3. The standard InChI is InChI=1S/C19H17ClN2O2/c1-10-5-17(23)15-4-2-3-14(18(15)22-10)16-8-12(20)6-11-7-13(9-21)24-19(11)16/h2-6,8,13H,7,9,21H2,1H3,(H,22,23). The predicted molar refractivity (Wildman–Crippen MR) is 96.9 cm³/mol. The topological polar surface area (TPSA) is 68.1 Å². The van der Waals surface area contributed by atoms with Gasteiger partial charge in [-0.25, -0.2) is 0 Å². The zero-order chi connectivity index (χ0) is 16.8. The van der Waals surface area contributed by atoms with E-state index in [1.54, 1.807) is 6.07 Å². The van der Waals surface area contributed by atoms with Crippen molar-refractivity contribution in [1.29, 1.82) is 0 Å². The molecule has 1 aromatic heterocycles. The summed E-state index contributed by atoms with van der Waals surface area (Å²) in [6.45, 7) is 2.33. The number of pyridine rings is 1. The fourth-order valence-electron chi connectivity index (χ4n) is 3.35. The molecule has 3 aromatic rings. The maximum Gasteiger partial charge on any atom is 0.189 e. The SMILES string of the molecule is Cc1cc(=O)c2cccc(-c3cc(Cl)cc4c3OC(CN)C4)c2[nH]1. The molecule has 0 bridgehead atoms. The molecule has 0 amide bonds. The van der Waals surface area contributed by atoms with E-state index in [1.807, 2.05) is 37.3 Å². The summed E-state index contributed by atoms with van der Waals surface area (Å²) < 4.78 is 6.03. The lowest BCUT2D eigenvalue weighted by molar-refractivity contribution is 0.242. The van der Waals surface area contributed by atoms with Crippen molar-refractivity contribution in [3.8, 4) is 16.9 Å². The maximum absolute atomic E-state index is 12.3. The number of aromatic amines is 1. The quantitative estimate of drug-likeness (QED) is 0.751. The third-order valence-corrected chi connectivity index (χ3v) is 4.63. The van der Waals surface area contributed by atoms with E-state index in [9.17, 15) is 4.79 Å². The Labute approximate surface area is 144 Å². The number of benzene rings is 2. The van der Waals surface area contributed by atoms with Gasteiger partial charge < -0.3 is 15.5 Å². The van der Waals surface area contributed by atoms with Gasteiger partial charge in [-0.2, -0.15) is 0 Å². The first-order valence-corrected chi connectivity index (χ1v) is 8.27. The number of hydrogen-bond donors (Lipinski definition) is 2. The molecule has 3 N–H and O–H groups in total. The molecule has 0 spiro atoms. The lowest BCUT2D eigenvalue weighted by Crippen LogP contribution is -2.24. The molecular formula is C19H17ClN2O2. The summed E-state index contributed by atoms with van der Waals surface area (Å²) in [5, 5.41) is 1.30. The number of aryl methyl sites for hydroxylation is 1. The van der Waals surface area contributed by atoms with Gasteiger partial charge in [0.05, 0.1) is 5.52 Å². The monoisotopic (exact) mass is 340 g/mol. The van der Waals surface area contributed by atoms with Crippen molar-refractivity contribution in [3.63, 3.8) is 0 Å². The molecule has 2 heterocycles. The highest BCUT2D eigenvalue weighted by atomic mass is 35.5. The second kappa shape index (κ2) is 5.65. The van der Waals surface area contributed by atoms with Crippen LogP contribution in [0.25, 0.3) is 22.0 Å².